The van der Waals surface area contributed by atoms with E-state index in [9.17, 15) is 46.6 Å². The molecule has 25 heteroatoms. The van der Waals surface area contributed by atoms with E-state index in [1.165, 1.54) is 30.9 Å². The summed E-state index contributed by atoms with van der Waals surface area (Å²) in [4.78, 5) is 56.8. The maximum Gasteiger partial charge on any atom is 0.416 e. The minimum atomic E-state index is -4.52. The van der Waals surface area contributed by atoms with E-state index in [1.807, 2.05) is 0 Å². The molecule has 1 aliphatic rings. The van der Waals surface area contributed by atoms with Gasteiger partial charge in [0.25, 0.3) is 0 Å². The first kappa shape index (κ1) is 48.9. The zero-order valence-electron chi connectivity index (χ0n) is 30.9. The summed E-state index contributed by atoms with van der Waals surface area (Å²) in [5.74, 6) is -2.81. The first-order valence-corrected chi connectivity index (χ1v) is 21.8. The number of benzene rings is 3. The van der Waals surface area contributed by atoms with Gasteiger partial charge in [-0.25, -0.2) is 14.1 Å². The number of aliphatic carboxylic acids is 2. The van der Waals surface area contributed by atoms with E-state index in [1.54, 1.807) is 16.3 Å². The van der Waals surface area contributed by atoms with Crippen molar-refractivity contribution in [1.82, 2.24) is 9.36 Å². The smallest absolute Gasteiger partial charge is 0.416 e. The Morgan fingerprint density at radius 1 is 1.08 bits per heavy atom. The number of carboxylic acid groups (broad SMARTS) is 2. The average molecular weight is 933 g/mol. The van der Waals surface area contributed by atoms with Crippen molar-refractivity contribution in [3.63, 3.8) is 0 Å². The number of nitrogens with zero attached hydrogens (tertiary/aromatic N) is 4. The van der Waals surface area contributed by atoms with E-state index in [2.05, 4.69) is 4.99 Å². The Balaban J connectivity index is 0.000000254. The zero-order valence-corrected chi connectivity index (χ0v) is 34.9. The van der Waals surface area contributed by atoms with E-state index in [0.29, 0.717) is 22.8 Å². The Morgan fingerprint density at radius 3 is 2.31 bits per heavy atom. The van der Waals surface area contributed by atoms with Crippen LogP contribution in [0.3, 0.4) is 0 Å². The number of carboxylic acids is 2. The van der Waals surface area contributed by atoms with Crippen molar-refractivity contribution in [1.29, 1.82) is 0 Å². The molecule has 2 unspecified atom stereocenters. The second kappa shape index (κ2) is 21.7. The van der Waals surface area contributed by atoms with Crippen molar-refractivity contribution in [2.45, 2.75) is 56.4 Å². The van der Waals surface area contributed by atoms with E-state index < -0.39 is 47.8 Å². The van der Waals surface area contributed by atoms with Crippen molar-refractivity contribution in [2.24, 2.45) is 10.7 Å². The van der Waals surface area contributed by atoms with Gasteiger partial charge < -0.3 is 30.3 Å². The molecule has 5 N–H and O–H groups in total. The van der Waals surface area contributed by atoms with E-state index in [0.717, 1.165) is 60.2 Å². The van der Waals surface area contributed by atoms with Gasteiger partial charge in [-0.05, 0) is 73.9 Å². The monoisotopic (exact) mass is 931 g/mol. The topological polar surface area (TPSA) is 239 Å². The summed E-state index contributed by atoms with van der Waals surface area (Å²) in [5, 5.41) is 27.9. The number of nitrogens with two attached hydrogens (primary N) is 1. The third-order valence-corrected chi connectivity index (χ3v) is 11.3. The molecule has 5 rings (SSSR count). The zero-order chi connectivity index (χ0) is 44.2. The molecule has 0 saturated carbocycles. The van der Waals surface area contributed by atoms with Gasteiger partial charge >= 0.3 is 28.7 Å². The summed E-state index contributed by atoms with van der Waals surface area (Å²) < 4.78 is 76.6. The van der Waals surface area contributed by atoms with Crippen LogP contribution in [0.2, 0.25) is 10.0 Å². The first-order chi connectivity index (χ1) is 27.5. The Bertz CT molecular complexity index is 2340. The van der Waals surface area contributed by atoms with Crippen LogP contribution in [-0.2, 0) is 33.4 Å². The molecular weight excluding hydrogens is 896 g/mol. The van der Waals surface area contributed by atoms with Crippen LogP contribution in [0.5, 0.6) is 17.2 Å². The molecule has 322 valence electrons. The minimum absolute atomic E-state index is 0.0111. The second-order valence-electron chi connectivity index (χ2n) is 12.2. The molecule has 16 nitrogen and oxygen atoms in total. The molecule has 0 saturated heterocycles. The quantitative estimate of drug-likeness (QED) is 0.0329. The second-order valence-corrected chi connectivity index (χ2v) is 17.5. The van der Waals surface area contributed by atoms with Crippen LogP contribution in [0.15, 0.2) is 63.2 Å². The predicted molar refractivity (Wildman–Crippen MR) is 212 cm³/mol. The average Bonchev–Trinajstić information content (AvgIpc) is 3.46. The third-order valence-electron chi connectivity index (χ3n) is 7.55. The lowest BCUT2D eigenvalue weighted by molar-refractivity contribution is -0.385. The summed E-state index contributed by atoms with van der Waals surface area (Å²) in [6.07, 6.45) is -2.65. The maximum absolute atomic E-state index is 14.2. The third kappa shape index (κ3) is 15.3. The number of nitro benzene ring substituents is 1. The fraction of sp³-hybridized carbons (Fsp3) is 0.353. The number of hydrogen-bond acceptors (Lipinski definition) is 12. The minimum Gasteiger partial charge on any atom is -0.487 e. The van der Waals surface area contributed by atoms with Crippen LogP contribution >= 0.6 is 53.7 Å². The number of nitro groups is 1. The number of carbonyl (C=O) groups is 2. The number of thioether (sulfide) groups is 1. The number of halogens is 6. The van der Waals surface area contributed by atoms with Crippen molar-refractivity contribution >= 4 is 77.0 Å². The molecule has 0 fully saturated rings. The van der Waals surface area contributed by atoms with E-state index in [4.69, 9.17) is 53.5 Å². The lowest BCUT2D eigenvalue weighted by Crippen LogP contribution is -2.31. The highest BCUT2D eigenvalue weighted by molar-refractivity contribution is 8.00. The number of ether oxygens (including phenoxy) is 2. The summed E-state index contributed by atoms with van der Waals surface area (Å²) in [6, 6.07) is 7.89. The predicted octanol–water partition coefficient (Wildman–Crippen LogP) is 7.85. The summed E-state index contributed by atoms with van der Waals surface area (Å²) >= 11 is 13.7. The van der Waals surface area contributed by atoms with Crippen LogP contribution < -0.4 is 24.9 Å². The van der Waals surface area contributed by atoms with Crippen molar-refractivity contribution in [3.05, 3.63) is 94.5 Å². The molecule has 0 bridgehead atoms. The van der Waals surface area contributed by atoms with Gasteiger partial charge in [0, 0.05) is 42.9 Å². The first-order valence-electron chi connectivity index (χ1n) is 16.9. The summed E-state index contributed by atoms with van der Waals surface area (Å²) in [5.41, 5.74) is 3.98. The standard InChI is InChI=1S/C15H11ClF3NO4.C14H13ClFN3O3S2.C5H12NO4P/c1-2-23-14-8-10(4-5-12(14)20(21)22)24-13-6-3-9(7-11(13)16)15(17,18)19;15-8-5-9(16)10(6-11(8)23-7-12(20)21)17-13-18-3-1-2-4-19(18)14(22)24-13;1-11(9,10)3-2-4(6)5(7)8/h3-8H,2H2,1H3;5-6H,1-4,7H2,(H,20,21);4H,2-3,6H2,1H3,(H,7,8)(H,9,10). The number of hydrogen-bond donors (Lipinski definition) is 4. The highest BCUT2D eigenvalue weighted by atomic mass is 35.5. The van der Waals surface area contributed by atoms with Gasteiger partial charge in [0.1, 0.15) is 29.0 Å². The molecule has 0 radical (unpaired) electrons. The molecule has 0 spiro atoms. The molecule has 59 heavy (non-hydrogen) atoms. The molecule has 0 aliphatic carbocycles. The number of fused-ring (bicyclic) bond motifs is 1. The molecule has 2 atom stereocenters. The van der Waals surface area contributed by atoms with Gasteiger partial charge in [-0.2, -0.15) is 13.2 Å². The van der Waals surface area contributed by atoms with Gasteiger partial charge in [-0.1, -0.05) is 23.2 Å². The SMILES string of the molecule is CCOc1cc(Oc2ccc(C(F)(F)F)cc2Cl)ccc1[N+](=O)[O-].CP(=O)(O)CCC(N)C(=O)O.O=C(O)CSc1cc(N=c2sc(=O)n3n2CCCC3)c(F)cc1Cl. The van der Waals surface area contributed by atoms with Crippen molar-refractivity contribution in [3.8, 4) is 17.2 Å². The van der Waals surface area contributed by atoms with Crippen LogP contribution in [0, 0.1) is 15.9 Å². The largest absolute Gasteiger partial charge is 0.487 e. The molecule has 1 aromatic heterocycles. The van der Waals surface area contributed by atoms with Crippen LogP contribution in [0.25, 0.3) is 0 Å². The molecule has 0 amide bonds. The summed E-state index contributed by atoms with van der Waals surface area (Å²) in [7, 11) is -3.10. The Kier molecular flexibility index (Phi) is 18.0. The van der Waals surface area contributed by atoms with Gasteiger partial charge in [-0.3, -0.25) is 33.7 Å². The molecule has 4 aromatic rings. The van der Waals surface area contributed by atoms with Crippen LogP contribution in [0.1, 0.15) is 31.7 Å². The van der Waals surface area contributed by atoms with Crippen molar-refractivity contribution in [2.75, 3.05) is 25.2 Å². The molecule has 1 aliphatic heterocycles. The molecular formula is C34H36Cl2F4N5O11PS2. The summed E-state index contributed by atoms with van der Waals surface area (Å²) in [6.45, 7) is 4.33. The highest BCUT2D eigenvalue weighted by Crippen LogP contribution is 2.39. The lowest BCUT2D eigenvalue weighted by Gasteiger charge is -2.15. The highest BCUT2D eigenvalue weighted by Gasteiger charge is 2.31. The Labute approximate surface area is 350 Å². The lowest BCUT2D eigenvalue weighted by atomic mass is 10.2. The number of aromatic nitrogens is 2. The number of rotatable bonds is 13. The maximum atomic E-state index is 14.2. The van der Waals surface area contributed by atoms with Crippen LogP contribution in [-0.4, -0.2) is 72.6 Å². The van der Waals surface area contributed by atoms with Gasteiger partial charge in [0.2, 0.25) is 10.6 Å². The Hall–Kier alpha value is -4.44. The van der Waals surface area contributed by atoms with Crippen molar-refractivity contribution < 1.29 is 61.2 Å². The van der Waals surface area contributed by atoms with E-state index in [-0.39, 0.29) is 68.5 Å². The van der Waals surface area contributed by atoms with Gasteiger partial charge in [0.05, 0.1) is 32.9 Å². The normalized spacial score (nSPS) is 14.0. The molecule has 2 heterocycles. The van der Waals surface area contributed by atoms with Gasteiger partial charge in [-0.15, -0.1) is 11.8 Å². The van der Waals surface area contributed by atoms with Gasteiger partial charge in [0.15, 0.2) is 7.37 Å². The number of alkyl halides is 3. The fourth-order valence-electron chi connectivity index (χ4n) is 4.74. The van der Waals surface area contributed by atoms with Crippen LogP contribution in [0.4, 0.5) is 28.9 Å². The molecule has 3 aromatic carbocycles. The van der Waals surface area contributed by atoms with E-state index >= 15 is 0 Å². The Morgan fingerprint density at radius 2 is 1.75 bits per heavy atom. The fourth-order valence-corrected chi connectivity index (χ4v) is 7.60.